The summed E-state index contributed by atoms with van der Waals surface area (Å²) in [4.78, 5) is 16.1. The maximum Gasteiger partial charge on any atom is 0.345 e. The number of carbonyl (C=O) groups excluding carboxylic acids is 1. The molecule has 0 radical (unpaired) electrons. The second-order valence-corrected chi connectivity index (χ2v) is 4.35. The summed E-state index contributed by atoms with van der Waals surface area (Å²) in [7, 11) is 1.67. The molecule has 0 aliphatic rings. The Balaban J connectivity index is 2.29. The van der Waals surface area contributed by atoms with E-state index in [9.17, 15) is 4.79 Å². The van der Waals surface area contributed by atoms with Crippen molar-refractivity contribution < 1.29 is 18.7 Å². The Kier molecular flexibility index (Phi) is 4.57. The molecule has 2 rings (SSSR count). The first-order chi connectivity index (χ1) is 9.67. The zero-order chi connectivity index (χ0) is 14.5. The molecule has 0 aromatic carbocycles. The van der Waals surface area contributed by atoms with E-state index in [0.717, 1.165) is 18.4 Å². The topological polar surface area (TPSA) is 87.6 Å². The molecular weight excluding hydrogens is 260 g/mol. The van der Waals surface area contributed by atoms with Crippen molar-refractivity contribution in [3.05, 3.63) is 23.4 Å². The van der Waals surface area contributed by atoms with Crippen LogP contribution in [-0.2, 0) is 15.9 Å². The van der Waals surface area contributed by atoms with Crippen LogP contribution in [0.1, 0.15) is 29.3 Å². The van der Waals surface area contributed by atoms with Gasteiger partial charge in [-0.2, -0.15) is 0 Å². The van der Waals surface area contributed by atoms with Crippen LogP contribution in [-0.4, -0.2) is 31.3 Å². The van der Waals surface area contributed by atoms with Crippen LogP contribution >= 0.6 is 0 Å². The van der Waals surface area contributed by atoms with Gasteiger partial charge in [0.25, 0.3) is 0 Å². The highest BCUT2D eigenvalue weighted by atomic mass is 16.5. The Morgan fingerprint density at radius 2 is 2.30 bits per heavy atom. The fourth-order valence-electron chi connectivity index (χ4n) is 1.99. The van der Waals surface area contributed by atoms with Gasteiger partial charge in [0, 0.05) is 19.9 Å². The van der Waals surface area contributed by atoms with Gasteiger partial charge in [0.15, 0.2) is 5.58 Å². The summed E-state index contributed by atoms with van der Waals surface area (Å²) < 4.78 is 15.4. The fourth-order valence-corrected chi connectivity index (χ4v) is 1.99. The predicted molar refractivity (Wildman–Crippen MR) is 74.6 cm³/mol. The van der Waals surface area contributed by atoms with Crippen LogP contribution in [0.25, 0.3) is 11.1 Å². The van der Waals surface area contributed by atoms with E-state index in [1.165, 1.54) is 0 Å². The Labute approximate surface area is 116 Å². The van der Waals surface area contributed by atoms with Crippen molar-refractivity contribution in [2.24, 2.45) is 0 Å². The van der Waals surface area contributed by atoms with E-state index in [4.69, 9.17) is 19.6 Å². The highest BCUT2D eigenvalue weighted by molar-refractivity contribution is 6.06. The van der Waals surface area contributed by atoms with E-state index in [-0.39, 0.29) is 18.1 Å². The summed E-state index contributed by atoms with van der Waals surface area (Å²) in [5.74, 6) is -0.469. The maximum absolute atomic E-state index is 11.8. The standard InChI is InChI=1S/C14H18N2O4/c1-3-19-14(17)11-12-10(20-13(11)15)7-9(8-16-12)5-4-6-18-2/h7-8H,3-6,15H2,1-2H3. The quantitative estimate of drug-likeness (QED) is 0.643. The molecule has 0 fully saturated rings. The highest BCUT2D eigenvalue weighted by Crippen LogP contribution is 2.27. The third-order valence-electron chi connectivity index (χ3n) is 2.91. The van der Waals surface area contributed by atoms with Gasteiger partial charge in [0.1, 0.15) is 11.1 Å². The smallest absolute Gasteiger partial charge is 0.345 e. The van der Waals surface area contributed by atoms with Crippen molar-refractivity contribution in [2.45, 2.75) is 19.8 Å². The third kappa shape index (κ3) is 2.91. The van der Waals surface area contributed by atoms with Crippen LogP contribution in [0.15, 0.2) is 16.7 Å². The van der Waals surface area contributed by atoms with Crippen molar-refractivity contribution in [1.82, 2.24) is 4.98 Å². The lowest BCUT2D eigenvalue weighted by Crippen LogP contribution is -2.06. The van der Waals surface area contributed by atoms with Crippen molar-refractivity contribution in [3.63, 3.8) is 0 Å². The Hall–Kier alpha value is -2.08. The van der Waals surface area contributed by atoms with Gasteiger partial charge in [-0.25, -0.2) is 4.79 Å². The number of esters is 1. The molecule has 0 amide bonds. The molecule has 0 spiro atoms. The van der Waals surface area contributed by atoms with E-state index in [2.05, 4.69) is 4.98 Å². The molecule has 2 aromatic heterocycles. The van der Waals surface area contributed by atoms with E-state index in [1.807, 2.05) is 6.07 Å². The minimum absolute atomic E-state index is 0.0417. The number of hydrogen-bond acceptors (Lipinski definition) is 6. The van der Waals surface area contributed by atoms with Crippen molar-refractivity contribution >= 4 is 23.0 Å². The van der Waals surface area contributed by atoms with Crippen molar-refractivity contribution in [3.8, 4) is 0 Å². The summed E-state index contributed by atoms with van der Waals surface area (Å²) in [6, 6.07) is 1.84. The van der Waals surface area contributed by atoms with Crippen molar-refractivity contribution in [2.75, 3.05) is 26.1 Å². The molecule has 0 atom stereocenters. The number of hydrogen-bond donors (Lipinski definition) is 1. The zero-order valence-electron chi connectivity index (χ0n) is 11.6. The molecule has 0 saturated heterocycles. The lowest BCUT2D eigenvalue weighted by molar-refractivity contribution is 0.0529. The van der Waals surface area contributed by atoms with E-state index in [0.29, 0.717) is 17.7 Å². The molecule has 0 bridgehead atoms. The van der Waals surface area contributed by atoms with Crippen LogP contribution in [0.2, 0.25) is 0 Å². The van der Waals surface area contributed by atoms with Gasteiger partial charge in [0.05, 0.1) is 6.61 Å². The number of ether oxygens (including phenoxy) is 2. The number of aryl methyl sites for hydroxylation is 1. The Bertz CT molecular complexity index is 606. The molecule has 6 heteroatoms. The van der Waals surface area contributed by atoms with Gasteiger partial charge in [-0.15, -0.1) is 0 Å². The van der Waals surface area contributed by atoms with Gasteiger partial charge in [0.2, 0.25) is 5.88 Å². The molecule has 0 aliphatic heterocycles. The van der Waals surface area contributed by atoms with E-state index >= 15 is 0 Å². The first kappa shape index (κ1) is 14.3. The number of carbonyl (C=O) groups is 1. The van der Waals surface area contributed by atoms with Gasteiger partial charge >= 0.3 is 5.97 Å². The van der Waals surface area contributed by atoms with Crippen LogP contribution in [0.3, 0.4) is 0 Å². The van der Waals surface area contributed by atoms with E-state index in [1.54, 1.807) is 20.2 Å². The number of nitrogens with two attached hydrogens (primary N) is 1. The number of rotatable bonds is 6. The average molecular weight is 278 g/mol. The molecule has 2 heterocycles. The maximum atomic E-state index is 11.8. The molecule has 0 aliphatic carbocycles. The molecule has 20 heavy (non-hydrogen) atoms. The SMILES string of the molecule is CCOC(=O)c1c(N)oc2cc(CCCOC)cnc12. The summed E-state index contributed by atoms with van der Waals surface area (Å²) in [6.07, 6.45) is 3.44. The number of methoxy groups -OCH3 is 1. The minimum Gasteiger partial charge on any atom is -0.462 e. The zero-order valence-corrected chi connectivity index (χ0v) is 11.6. The highest BCUT2D eigenvalue weighted by Gasteiger charge is 2.21. The molecular formula is C14H18N2O4. The molecule has 0 unspecified atom stereocenters. The van der Waals surface area contributed by atoms with Gasteiger partial charge in [-0.05, 0) is 31.4 Å². The van der Waals surface area contributed by atoms with Gasteiger partial charge < -0.3 is 19.6 Å². The van der Waals surface area contributed by atoms with Gasteiger partial charge in [-0.3, -0.25) is 4.98 Å². The lowest BCUT2D eigenvalue weighted by Gasteiger charge is -2.01. The largest absolute Gasteiger partial charge is 0.462 e. The van der Waals surface area contributed by atoms with E-state index < -0.39 is 5.97 Å². The number of nitrogen functional groups attached to an aromatic ring is 1. The summed E-state index contributed by atoms with van der Waals surface area (Å²) >= 11 is 0. The third-order valence-corrected chi connectivity index (χ3v) is 2.91. The van der Waals surface area contributed by atoms with Crippen molar-refractivity contribution in [1.29, 1.82) is 0 Å². The normalized spacial score (nSPS) is 10.9. The Morgan fingerprint density at radius 1 is 1.50 bits per heavy atom. The van der Waals surface area contributed by atoms with Crippen LogP contribution in [0.4, 0.5) is 5.88 Å². The number of aromatic nitrogens is 1. The number of fused-ring (bicyclic) bond motifs is 1. The summed E-state index contributed by atoms with van der Waals surface area (Å²) in [5, 5.41) is 0. The number of furan rings is 1. The van der Waals surface area contributed by atoms with Crippen LogP contribution < -0.4 is 5.73 Å². The second kappa shape index (κ2) is 6.38. The minimum atomic E-state index is -0.511. The number of nitrogens with zero attached hydrogens (tertiary/aromatic N) is 1. The summed E-state index contributed by atoms with van der Waals surface area (Å²) in [5.41, 5.74) is 7.88. The molecule has 2 aromatic rings. The molecule has 2 N–H and O–H groups in total. The Morgan fingerprint density at radius 3 is 3.00 bits per heavy atom. The molecule has 0 saturated carbocycles. The van der Waals surface area contributed by atoms with Crippen LogP contribution in [0.5, 0.6) is 0 Å². The molecule has 6 nitrogen and oxygen atoms in total. The predicted octanol–water partition coefficient (Wildman–Crippen LogP) is 2.17. The molecule has 108 valence electrons. The van der Waals surface area contributed by atoms with Gasteiger partial charge in [-0.1, -0.05) is 0 Å². The fraction of sp³-hybridized carbons (Fsp3) is 0.429. The summed E-state index contributed by atoms with van der Waals surface area (Å²) in [6.45, 7) is 2.70. The first-order valence-electron chi connectivity index (χ1n) is 6.50. The number of anilines is 1. The first-order valence-corrected chi connectivity index (χ1v) is 6.50. The van der Waals surface area contributed by atoms with Crippen LogP contribution in [0, 0.1) is 0 Å². The lowest BCUT2D eigenvalue weighted by atomic mass is 10.1. The second-order valence-electron chi connectivity index (χ2n) is 4.35. The average Bonchev–Trinajstić information content (AvgIpc) is 2.74. The number of pyridine rings is 1. The monoisotopic (exact) mass is 278 g/mol.